The van der Waals surface area contributed by atoms with Crippen LogP contribution in [0.1, 0.15) is 24.8 Å². The van der Waals surface area contributed by atoms with E-state index in [1.807, 2.05) is 25.1 Å². The van der Waals surface area contributed by atoms with Gasteiger partial charge in [-0.25, -0.2) is 0 Å². The summed E-state index contributed by atoms with van der Waals surface area (Å²) in [5.74, 6) is 0.943. The topological polar surface area (TPSA) is 9.23 Å². The Labute approximate surface area is 105 Å². The van der Waals surface area contributed by atoms with Crippen molar-refractivity contribution in [2.24, 2.45) is 0 Å². The van der Waals surface area contributed by atoms with E-state index in [1.54, 1.807) is 0 Å². The van der Waals surface area contributed by atoms with Gasteiger partial charge in [0.2, 0.25) is 0 Å². The highest BCUT2D eigenvalue weighted by Gasteiger charge is 1.99. The molecule has 1 nitrogen and oxygen atoms in total. The molecular weight excluding hydrogens is 275 g/mol. The molecule has 0 saturated heterocycles. The lowest BCUT2D eigenvalue weighted by molar-refractivity contribution is 0.304. The standard InChI is InChI=1S/C12H16BrClO/c1-10-9-11(14)5-6-12(10)15-8-4-2-3-7-13/h5-6,9H,2-4,7-8H2,1H3. The summed E-state index contributed by atoms with van der Waals surface area (Å²) in [5.41, 5.74) is 1.10. The first-order valence-electron chi connectivity index (χ1n) is 5.19. The molecular formula is C12H16BrClO. The highest BCUT2D eigenvalue weighted by atomic mass is 79.9. The molecule has 0 fully saturated rings. The van der Waals surface area contributed by atoms with Gasteiger partial charge in [0.05, 0.1) is 6.61 Å². The largest absolute Gasteiger partial charge is 0.493 e. The van der Waals surface area contributed by atoms with Crippen LogP contribution in [0.3, 0.4) is 0 Å². The van der Waals surface area contributed by atoms with Gasteiger partial charge in [0.25, 0.3) is 0 Å². The van der Waals surface area contributed by atoms with Crippen molar-refractivity contribution in [1.29, 1.82) is 0 Å². The molecule has 0 aliphatic carbocycles. The third-order valence-electron chi connectivity index (χ3n) is 2.17. The number of halogens is 2. The van der Waals surface area contributed by atoms with Crippen LogP contribution in [0.2, 0.25) is 5.02 Å². The van der Waals surface area contributed by atoms with E-state index in [0.29, 0.717) is 0 Å². The van der Waals surface area contributed by atoms with E-state index in [0.717, 1.165) is 34.7 Å². The number of aryl methyl sites for hydroxylation is 1. The zero-order chi connectivity index (χ0) is 11.1. The average molecular weight is 292 g/mol. The summed E-state index contributed by atoms with van der Waals surface area (Å²) in [6, 6.07) is 5.72. The van der Waals surface area contributed by atoms with Gasteiger partial charge in [0, 0.05) is 10.4 Å². The van der Waals surface area contributed by atoms with Crippen molar-refractivity contribution in [3.05, 3.63) is 28.8 Å². The molecule has 0 heterocycles. The lowest BCUT2D eigenvalue weighted by Gasteiger charge is -2.08. The molecule has 0 unspecified atom stereocenters. The minimum atomic E-state index is 0.763. The van der Waals surface area contributed by atoms with E-state index < -0.39 is 0 Å². The molecule has 0 radical (unpaired) electrons. The molecule has 0 spiro atoms. The number of alkyl halides is 1. The Morgan fingerprint density at radius 3 is 2.73 bits per heavy atom. The van der Waals surface area contributed by atoms with Crippen molar-refractivity contribution in [1.82, 2.24) is 0 Å². The maximum atomic E-state index is 5.86. The summed E-state index contributed by atoms with van der Waals surface area (Å²) < 4.78 is 5.66. The van der Waals surface area contributed by atoms with Crippen LogP contribution in [0.25, 0.3) is 0 Å². The first kappa shape index (κ1) is 12.9. The van der Waals surface area contributed by atoms with Crippen LogP contribution in [0.4, 0.5) is 0 Å². The molecule has 0 aliphatic rings. The number of rotatable bonds is 6. The fraction of sp³-hybridized carbons (Fsp3) is 0.500. The van der Waals surface area contributed by atoms with Crippen LogP contribution in [0, 0.1) is 6.92 Å². The van der Waals surface area contributed by atoms with E-state index in [1.165, 1.54) is 12.8 Å². The van der Waals surface area contributed by atoms with E-state index in [2.05, 4.69) is 15.9 Å². The third-order valence-corrected chi connectivity index (χ3v) is 2.97. The Balaban J connectivity index is 2.31. The third kappa shape index (κ3) is 4.89. The Hall–Kier alpha value is -0.210. The summed E-state index contributed by atoms with van der Waals surface area (Å²) in [6.45, 7) is 2.80. The molecule has 0 amide bonds. The molecule has 0 saturated carbocycles. The fourth-order valence-electron chi connectivity index (χ4n) is 1.33. The Morgan fingerprint density at radius 2 is 2.07 bits per heavy atom. The van der Waals surface area contributed by atoms with Crippen molar-refractivity contribution in [3.8, 4) is 5.75 Å². The van der Waals surface area contributed by atoms with Gasteiger partial charge in [-0.15, -0.1) is 0 Å². The fourth-order valence-corrected chi connectivity index (χ4v) is 1.95. The summed E-state index contributed by atoms with van der Waals surface area (Å²) in [6.07, 6.45) is 3.52. The molecule has 3 heteroatoms. The monoisotopic (exact) mass is 290 g/mol. The van der Waals surface area contributed by atoms with Crippen molar-refractivity contribution in [2.45, 2.75) is 26.2 Å². The lowest BCUT2D eigenvalue weighted by Crippen LogP contribution is -1.98. The minimum absolute atomic E-state index is 0.763. The number of hydrogen-bond acceptors (Lipinski definition) is 1. The molecule has 0 aliphatic heterocycles. The molecule has 1 rings (SSSR count). The maximum Gasteiger partial charge on any atom is 0.122 e. The molecule has 0 aromatic heterocycles. The van der Waals surface area contributed by atoms with Gasteiger partial charge in [-0.2, -0.15) is 0 Å². The second-order valence-electron chi connectivity index (χ2n) is 3.51. The predicted molar refractivity (Wildman–Crippen MR) is 69.3 cm³/mol. The summed E-state index contributed by atoms with van der Waals surface area (Å²) >= 11 is 9.27. The number of unbranched alkanes of at least 4 members (excludes halogenated alkanes) is 2. The first-order valence-corrected chi connectivity index (χ1v) is 6.69. The minimum Gasteiger partial charge on any atom is -0.493 e. The molecule has 1 aromatic rings. The Morgan fingerprint density at radius 1 is 1.27 bits per heavy atom. The van der Waals surface area contributed by atoms with Crippen LogP contribution in [-0.4, -0.2) is 11.9 Å². The van der Waals surface area contributed by atoms with Crippen molar-refractivity contribution < 1.29 is 4.74 Å². The molecule has 0 bridgehead atoms. The summed E-state index contributed by atoms with van der Waals surface area (Å²) in [5, 5.41) is 1.84. The zero-order valence-electron chi connectivity index (χ0n) is 8.93. The molecule has 84 valence electrons. The van der Waals surface area contributed by atoms with Crippen molar-refractivity contribution >= 4 is 27.5 Å². The van der Waals surface area contributed by atoms with Gasteiger partial charge in [-0.3, -0.25) is 0 Å². The van der Waals surface area contributed by atoms with E-state index in [9.17, 15) is 0 Å². The smallest absolute Gasteiger partial charge is 0.122 e. The molecule has 0 atom stereocenters. The van der Waals surface area contributed by atoms with Gasteiger partial charge >= 0.3 is 0 Å². The second kappa shape index (κ2) is 7.13. The molecule has 0 N–H and O–H groups in total. The molecule has 1 aromatic carbocycles. The summed E-state index contributed by atoms with van der Waals surface area (Å²) in [7, 11) is 0. The van der Waals surface area contributed by atoms with E-state index >= 15 is 0 Å². The quantitative estimate of drug-likeness (QED) is 0.550. The predicted octanol–water partition coefficient (Wildman–Crippen LogP) is 4.59. The number of hydrogen-bond donors (Lipinski definition) is 0. The number of ether oxygens (including phenoxy) is 1. The van der Waals surface area contributed by atoms with Gasteiger partial charge in [0.15, 0.2) is 0 Å². The average Bonchev–Trinajstić information content (AvgIpc) is 2.20. The van der Waals surface area contributed by atoms with Crippen LogP contribution < -0.4 is 4.74 Å². The Bertz CT molecular complexity index is 302. The van der Waals surface area contributed by atoms with Crippen molar-refractivity contribution in [3.63, 3.8) is 0 Å². The van der Waals surface area contributed by atoms with Crippen LogP contribution in [0.15, 0.2) is 18.2 Å². The summed E-state index contributed by atoms with van der Waals surface area (Å²) in [4.78, 5) is 0. The number of benzene rings is 1. The van der Waals surface area contributed by atoms with Crippen LogP contribution in [-0.2, 0) is 0 Å². The SMILES string of the molecule is Cc1cc(Cl)ccc1OCCCCCBr. The van der Waals surface area contributed by atoms with Crippen LogP contribution >= 0.6 is 27.5 Å². The Kier molecular flexibility index (Phi) is 6.11. The highest BCUT2D eigenvalue weighted by molar-refractivity contribution is 9.09. The second-order valence-corrected chi connectivity index (χ2v) is 4.74. The van der Waals surface area contributed by atoms with E-state index in [4.69, 9.17) is 16.3 Å². The molecule has 15 heavy (non-hydrogen) atoms. The first-order chi connectivity index (χ1) is 7.24. The van der Waals surface area contributed by atoms with Gasteiger partial charge in [-0.05, 0) is 49.9 Å². The zero-order valence-corrected chi connectivity index (χ0v) is 11.3. The normalized spacial score (nSPS) is 10.3. The van der Waals surface area contributed by atoms with Crippen molar-refractivity contribution in [2.75, 3.05) is 11.9 Å². The van der Waals surface area contributed by atoms with E-state index in [-0.39, 0.29) is 0 Å². The van der Waals surface area contributed by atoms with Gasteiger partial charge < -0.3 is 4.74 Å². The lowest BCUT2D eigenvalue weighted by atomic mass is 10.2. The van der Waals surface area contributed by atoms with Crippen LogP contribution in [0.5, 0.6) is 5.75 Å². The maximum absolute atomic E-state index is 5.86. The van der Waals surface area contributed by atoms with Gasteiger partial charge in [0.1, 0.15) is 5.75 Å². The van der Waals surface area contributed by atoms with Gasteiger partial charge in [-0.1, -0.05) is 27.5 Å². The highest BCUT2D eigenvalue weighted by Crippen LogP contribution is 2.21.